The Bertz CT molecular complexity index is 371. The van der Waals surface area contributed by atoms with Gasteiger partial charge in [0.15, 0.2) is 5.13 Å². The number of anilines is 1. The molecule has 1 N–H and O–H groups in total. The van der Waals surface area contributed by atoms with Crippen LogP contribution >= 0.6 is 11.3 Å². The summed E-state index contributed by atoms with van der Waals surface area (Å²) in [4.78, 5) is 15.0. The minimum Gasteiger partial charge on any atom is -0.495 e. The molecule has 0 fully saturated rings. The van der Waals surface area contributed by atoms with E-state index >= 15 is 0 Å². The van der Waals surface area contributed by atoms with Crippen LogP contribution in [0.4, 0.5) is 5.13 Å². The quantitative estimate of drug-likeness (QED) is 0.609. The number of methoxy groups -OCH3 is 1. The number of thiazole rings is 1. The zero-order valence-corrected chi connectivity index (χ0v) is 8.56. The predicted octanol–water partition coefficient (Wildman–Crippen LogP) is 1.88. The van der Waals surface area contributed by atoms with Gasteiger partial charge in [0.2, 0.25) is 5.91 Å². The molecule has 1 rings (SSSR count). The van der Waals surface area contributed by atoms with Crippen molar-refractivity contribution in [3.05, 3.63) is 30.3 Å². The molecule has 0 radical (unpaired) electrons. The standard InChI is InChI=1S/C9H10N2O2S/c1-4-8(12)11-9-10-7(5-14-9)6(2)13-3/h4-5H,1-2H2,3H3,(H,10,11,12). The monoisotopic (exact) mass is 210 g/mol. The molecule has 1 aromatic heterocycles. The highest BCUT2D eigenvalue weighted by molar-refractivity contribution is 7.14. The molecule has 0 unspecified atom stereocenters. The number of rotatable bonds is 4. The van der Waals surface area contributed by atoms with Gasteiger partial charge in [-0.1, -0.05) is 13.2 Å². The summed E-state index contributed by atoms with van der Waals surface area (Å²) >= 11 is 1.31. The fraction of sp³-hybridized carbons (Fsp3) is 0.111. The third-order valence-corrected chi connectivity index (χ3v) is 2.21. The van der Waals surface area contributed by atoms with Gasteiger partial charge in [-0.05, 0) is 6.08 Å². The summed E-state index contributed by atoms with van der Waals surface area (Å²) in [5.74, 6) is 0.189. The van der Waals surface area contributed by atoms with Gasteiger partial charge in [0.1, 0.15) is 11.5 Å². The zero-order valence-electron chi connectivity index (χ0n) is 7.74. The van der Waals surface area contributed by atoms with Crippen LogP contribution in [0.15, 0.2) is 24.6 Å². The van der Waals surface area contributed by atoms with Gasteiger partial charge in [0.05, 0.1) is 7.11 Å². The van der Waals surface area contributed by atoms with E-state index in [1.807, 2.05) is 0 Å². The van der Waals surface area contributed by atoms with Gasteiger partial charge in [-0.25, -0.2) is 4.98 Å². The molecule has 14 heavy (non-hydrogen) atoms. The van der Waals surface area contributed by atoms with E-state index in [0.717, 1.165) is 0 Å². The number of ether oxygens (including phenoxy) is 1. The number of nitrogens with one attached hydrogen (secondary N) is 1. The summed E-state index contributed by atoms with van der Waals surface area (Å²) < 4.78 is 4.90. The van der Waals surface area contributed by atoms with E-state index < -0.39 is 0 Å². The topological polar surface area (TPSA) is 51.2 Å². The van der Waals surface area contributed by atoms with Crippen molar-refractivity contribution in [2.75, 3.05) is 12.4 Å². The fourth-order valence-electron chi connectivity index (χ4n) is 0.720. The van der Waals surface area contributed by atoms with E-state index in [9.17, 15) is 4.79 Å². The fourth-order valence-corrected chi connectivity index (χ4v) is 1.44. The molecule has 0 saturated heterocycles. The molecular formula is C9H10N2O2S. The smallest absolute Gasteiger partial charge is 0.249 e. The highest BCUT2D eigenvalue weighted by atomic mass is 32.1. The Balaban J connectivity index is 2.73. The summed E-state index contributed by atoms with van der Waals surface area (Å²) in [5.41, 5.74) is 0.622. The van der Waals surface area contributed by atoms with E-state index in [1.54, 1.807) is 5.38 Å². The highest BCUT2D eigenvalue weighted by Crippen LogP contribution is 2.20. The van der Waals surface area contributed by atoms with E-state index in [0.29, 0.717) is 16.6 Å². The van der Waals surface area contributed by atoms with Crippen molar-refractivity contribution in [3.8, 4) is 0 Å². The highest BCUT2D eigenvalue weighted by Gasteiger charge is 2.06. The Morgan fingerprint density at radius 3 is 3.07 bits per heavy atom. The molecular weight excluding hydrogens is 200 g/mol. The third-order valence-electron chi connectivity index (χ3n) is 1.45. The summed E-state index contributed by atoms with van der Waals surface area (Å²) in [6.07, 6.45) is 1.19. The van der Waals surface area contributed by atoms with Crippen LogP contribution in [-0.4, -0.2) is 18.0 Å². The van der Waals surface area contributed by atoms with Gasteiger partial charge in [0.25, 0.3) is 0 Å². The molecule has 74 valence electrons. The molecule has 0 aromatic carbocycles. The number of hydrogen-bond acceptors (Lipinski definition) is 4. The zero-order chi connectivity index (χ0) is 10.6. The summed E-state index contributed by atoms with van der Waals surface area (Å²) in [6, 6.07) is 0. The van der Waals surface area contributed by atoms with Crippen molar-refractivity contribution in [1.82, 2.24) is 4.98 Å². The lowest BCUT2D eigenvalue weighted by Gasteiger charge is -1.98. The third kappa shape index (κ3) is 2.43. The maximum Gasteiger partial charge on any atom is 0.249 e. The average molecular weight is 210 g/mol. The predicted molar refractivity (Wildman–Crippen MR) is 57.0 cm³/mol. The number of carbonyl (C=O) groups excluding carboxylic acids is 1. The van der Waals surface area contributed by atoms with Gasteiger partial charge in [-0.3, -0.25) is 10.1 Å². The summed E-state index contributed by atoms with van der Waals surface area (Å²) in [5, 5.41) is 4.80. The largest absolute Gasteiger partial charge is 0.495 e. The first kappa shape index (κ1) is 10.5. The second kappa shape index (κ2) is 4.57. The van der Waals surface area contributed by atoms with Crippen LogP contribution in [0.25, 0.3) is 5.76 Å². The van der Waals surface area contributed by atoms with E-state index in [-0.39, 0.29) is 5.91 Å². The summed E-state index contributed by atoms with van der Waals surface area (Å²) in [6.45, 7) is 6.98. The first-order valence-electron chi connectivity index (χ1n) is 3.79. The van der Waals surface area contributed by atoms with Crippen molar-refractivity contribution in [3.63, 3.8) is 0 Å². The van der Waals surface area contributed by atoms with Crippen molar-refractivity contribution >= 4 is 28.1 Å². The van der Waals surface area contributed by atoms with Crippen LogP contribution < -0.4 is 5.32 Å². The maximum atomic E-state index is 10.9. The minimum atomic E-state index is -0.283. The lowest BCUT2D eigenvalue weighted by Crippen LogP contribution is -2.06. The number of aromatic nitrogens is 1. The van der Waals surface area contributed by atoms with E-state index in [1.165, 1.54) is 24.5 Å². The molecule has 0 aliphatic carbocycles. The molecule has 4 nitrogen and oxygen atoms in total. The maximum absolute atomic E-state index is 10.9. The second-order valence-corrected chi connectivity index (χ2v) is 3.22. The van der Waals surface area contributed by atoms with Crippen LogP contribution in [0.2, 0.25) is 0 Å². The summed E-state index contributed by atoms with van der Waals surface area (Å²) in [7, 11) is 1.52. The minimum absolute atomic E-state index is 0.283. The Kier molecular flexibility index (Phi) is 3.41. The van der Waals surface area contributed by atoms with Gasteiger partial charge in [-0.2, -0.15) is 0 Å². The van der Waals surface area contributed by atoms with Gasteiger partial charge < -0.3 is 4.74 Å². The van der Waals surface area contributed by atoms with Crippen molar-refractivity contribution in [2.24, 2.45) is 0 Å². The molecule has 0 spiro atoms. The Morgan fingerprint density at radius 2 is 2.50 bits per heavy atom. The number of nitrogens with zero attached hydrogens (tertiary/aromatic N) is 1. The van der Waals surface area contributed by atoms with Gasteiger partial charge >= 0.3 is 0 Å². The Labute approximate surface area is 85.9 Å². The van der Waals surface area contributed by atoms with Crippen molar-refractivity contribution < 1.29 is 9.53 Å². The molecule has 0 bridgehead atoms. The van der Waals surface area contributed by atoms with Crippen LogP contribution in [0.3, 0.4) is 0 Å². The van der Waals surface area contributed by atoms with Crippen molar-refractivity contribution in [1.29, 1.82) is 0 Å². The number of hydrogen-bond donors (Lipinski definition) is 1. The SMILES string of the molecule is C=CC(=O)Nc1nc(C(=C)OC)cs1. The molecule has 0 saturated carbocycles. The molecule has 1 heterocycles. The first-order valence-corrected chi connectivity index (χ1v) is 4.67. The molecule has 0 aliphatic heterocycles. The molecule has 5 heteroatoms. The van der Waals surface area contributed by atoms with E-state index in [4.69, 9.17) is 4.74 Å². The van der Waals surface area contributed by atoms with Crippen molar-refractivity contribution in [2.45, 2.75) is 0 Å². The van der Waals surface area contributed by atoms with Crippen LogP contribution in [0.1, 0.15) is 5.69 Å². The average Bonchev–Trinajstić information content (AvgIpc) is 2.65. The van der Waals surface area contributed by atoms with Crippen LogP contribution in [0.5, 0.6) is 0 Å². The van der Waals surface area contributed by atoms with Gasteiger partial charge in [-0.15, -0.1) is 11.3 Å². The molecule has 1 aromatic rings. The Morgan fingerprint density at radius 1 is 1.79 bits per heavy atom. The molecule has 0 aliphatic rings. The number of amides is 1. The van der Waals surface area contributed by atoms with E-state index in [2.05, 4.69) is 23.5 Å². The van der Waals surface area contributed by atoms with Crippen LogP contribution in [-0.2, 0) is 9.53 Å². The lowest BCUT2D eigenvalue weighted by molar-refractivity contribution is -0.111. The Hall–Kier alpha value is -1.62. The molecule has 1 amide bonds. The second-order valence-electron chi connectivity index (χ2n) is 2.36. The van der Waals surface area contributed by atoms with Gasteiger partial charge in [0, 0.05) is 5.38 Å². The van der Waals surface area contributed by atoms with Crippen LogP contribution in [0, 0.1) is 0 Å². The first-order chi connectivity index (χ1) is 6.67. The molecule has 0 atom stereocenters. The number of carbonyl (C=O) groups is 1. The lowest BCUT2D eigenvalue weighted by atomic mass is 10.4. The normalized spacial score (nSPS) is 9.21.